The highest BCUT2D eigenvalue weighted by molar-refractivity contribution is 7.07. The molecule has 156 valence electrons. The van der Waals surface area contributed by atoms with Crippen LogP contribution in [0.1, 0.15) is 5.56 Å². The fourth-order valence-electron chi connectivity index (χ4n) is 2.98. The summed E-state index contributed by atoms with van der Waals surface area (Å²) in [7, 11) is 3.32. The molecular formula is C22H23N3O4S. The molecule has 2 aromatic carbocycles. The summed E-state index contributed by atoms with van der Waals surface area (Å²) in [6.07, 6.45) is 1.80. The highest BCUT2D eigenvalue weighted by Gasteiger charge is 2.12. The highest BCUT2D eigenvalue weighted by Crippen LogP contribution is 2.30. The van der Waals surface area contributed by atoms with Crippen LogP contribution in [0, 0.1) is 0 Å². The number of hydrogen-bond donors (Lipinski definition) is 0. The van der Waals surface area contributed by atoms with E-state index in [0.29, 0.717) is 26.4 Å². The number of aromatic nitrogens is 1. The first-order chi connectivity index (χ1) is 14.8. The van der Waals surface area contributed by atoms with Crippen LogP contribution in [-0.2, 0) is 4.74 Å². The zero-order valence-electron chi connectivity index (χ0n) is 16.9. The van der Waals surface area contributed by atoms with Crippen LogP contribution >= 0.6 is 11.3 Å². The predicted molar refractivity (Wildman–Crippen MR) is 117 cm³/mol. The van der Waals surface area contributed by atoms with Crippen molar-refractivity contribution in [1.29, 1.82) is 0 Å². The van der Waals surface area contributed by atoms with Crippen molar-refractivity contribution >= 4 is 17.6 Å². The molecule has 30 heavy (non-hydrogen) atoms. The number of rotatable bonds is 7. The van der Waals surface area contributed by atoms with Gasteiger partial charge >= 0.3 is 0 Å². The third kappa shape index (κ3) is 4.55. The Labute approximate surface area is 178 Å². The van der Waals surface area contributed by atoms with Crippen molar-refractivity contribution < 1.29 is 18.9 Å². The van der Waals surface area contributed by atoms with Crippen LogP contribution in [0.5, 0.6) is 17.2 Å². The molecule has 1 aliphatic heterocycles. The van der Waals surface area contributed by atoms with Gasteiger partial charge in [0.2, 0.25) is 4.80 Å². The summed E-state index contributed by atoms with van der Waals surface area (Å²) in [5.41, 5.74) is 2.90. The van der Waals surface area contributed by atoms with E-state index in [1.807, 2.05) is 47.1 Å². The fraction of sp³-hybridized carbons (Fsp3) is 0.273. The second kappa shape index (κ2) is 9.60. The van der Waals surface area contributed by atoms with Crippen LogP contribution in [0.25, 0.3) is 11.3 Å². The van der Waals surface area contributed by atoms with Gasteiger partial charge in [0.15, 0.2) is 11.5 Å². The minimum atomic E-state index is 0.553. The standard InChI is InChI=1S/C22H23N3O4S/c1-26-10-9-23-22-25(19(15-30-22)17-4-6-18(27-2)7-5-17)24-14-16-3-8-20-21(13-16)29-12-11-28-20/h3-8,13-15H,9-12H2,1-2H3/b23-22?,24-14+. The summed E-state index contributed by atoms with van der Waals surface area (Å²) in [4.78, 5) is 5.43. The number of ether oxygens (including phenoxy) is 4. The topological polar surface area (TPSA) is 66.6 Å². The van der Waals surface area contributed by atoms with Gasteiger partial charge in [-0.3, -0.25) is 4.99 Å². The Hall–Kier alpha value is -3.10. The van der Waals surface area contributed by atoms with E-state index >= 15 is 0 Å². The van der Waals surface area contributed by atoms with Crippen molar-refractivity contribution in [3.63, 3.8) is 0 Å². The Bertz CT molecular complexity index is 1090. The summed E-state index contributed by atoms with van der Waals surface area (Å²) < 4.78 is 23.5. The molecule has 1 aliphatic rings. The first kappa shape index (κ1) is 20.2. The molecule has 0 saturated heterocycles. The Morgan fingerprint density at radius 1 is 1.07 bits per heavy atom. The van der Waals surface area contributed by atoms with Gasteiger partial charge in [0.05, 0.1) is 32.2 Å². The molecule has 4 rings (SSSR count). The van der Waals surface area contributed by atoms with Crippen LogP contribution in [0.3, 0.4) is 0 Å². The van der Waals surface area contributed by atoms with Crippen molar-refractivity contribution in [2.45, 2.75) is 0 Å². The van der Waals surface area contributed by atoms with Crippen LogP contribution in [0.15, 0.2) is 57.9 Å². The number of methoxy groups -OCH3 is 2. The van der Waals surface area contributed by atoms with Gasteiger partial charge in [0.1, 0.15) is 19.0 Å². The average Bonchev–Trinajstić information content (AvgIpc) is 3.20. The molecular weight excluding hydrogens is 402 g/mol. The zero-order chi connectivity index (χ0) is 20.8. The molecule has 0 atom stereocenters. The molecule has 0 saturated carbocycles. The van der Waals surface area contributed by atoms with Crippen molar-refractivity contribution in [3.8, 4) is 28.5 Å². The SMILES string of the molecule is COCCN=c1scc(-c2ccc(OC)cc2)n1/N=C/c1ccc2c(c1)OCCO2. The maximum absolute atomic E-state index is 5.67. The van der Waals surface area contributed by atoms with Crippen LogP contribution in [-0.4, -0.2) is 51.5 Å². The Morgan fingerprint density at radius 3 is 2.63 bits per heavy atom. The van der Waals surface area contributed by atoms with E-state index in [9.17, 15) is 0 Å². The van der Waals surface area contributed by atoms with E-state index in [1.165, 1.54) is 0 Å². The van der Waals surface area contributed by atoms with Gasteiger partial charge in [0.25, 0.3) is 0 Å². The van der Waals surface area contributed by atoms with Crippen LogP contribution in [0.2, 0.25) is 0 Å². The van der Waals surface area contributed by atoms with Gasteiger partial charge in [-0.15, -0.1) is 11.3 Å². The lowest BCUT2D eigenvalue weighted by molar-refractivity contribution is 0.171. The summed E-state index contributed by atoms with van der Waals surface area (Å²) in [6, 6.07) is 13.7. The molecule has 8 heteroatoms. The quantitative estimate of drug-likeness (QED) is 0.430. The van der Waals surface area contributed by atoms with E-state index in [2.05, 4.69) is 10.4 Å². The predicted octanol–water partition coefficient (Wildman–Crippen LogP) is 3.43. The molecule has 0 bridgehead atoms. The maximum Gasteiger partial charge on any atom is 0.206 e. The van der Waals surface area contributed by atoms with E-state index in [4.69, 9.17) is 24.0 Å². The molecule has 0 spiro atoms. The number of benzene rings is 2. The lowest BCUT2D eigenvalue weighted by Crippen LogP contribution is -2.15. The van der Waals surface area contributed by atoms with Gasteiger partial charge in [-0.2, -0.15) is 5.10 Å². The Morgan fingerprint density at radius 2 is 1.87 bits per heavy atom. The molecule has 0 aliphatic carbocycles. The molecule has 0 unspecified atom stereocenters. The van der Waals surface area contributed by atoms with E-state index in [-0.39, 0.29) is 0 Å². The van der Waals surface area contributed by atoms with Crippen molar-refractivity contribution in [3.05, 3.63) is 58.2 Å². The molecule has 2 heterocycles. The molecule has 1 aromatic heterocycles. The van der Waals surface area contributed by atoms with Gasteiger partial charge < -0.3 is 18.9 Å². The van der Waals surface area contributed by atoms with E-state index < -0.39 is 0 Å². The summed E-state index contributed by atoms with van der Waals surface area (Å²) in [5, 5.41) is 6.77. The highest BCUT2D eigenvalue weighted by atomic mass is 32.1. The van der Waals surface area contributed by atoms with E-state index in [1.54, 1.807) is 31.8 Å². The van der Waals surface area contributed by atoms with Crippen LogP contribution in [0.4, 0.5) is 0 Å². The number of fused-ring (bicyclic) bond motifs is 1. The normalized spacial score (nSPS) is 13.7. The van der Waals surface area contributed by atoms with E-state index in [0.717, 1.165) is 38.9 Å². The lowest BCUT2D eigenvalue weighted by atomic mass is 10.2. The zero-order valence-corrected chi connectivity index (χ0v) is 17.7. The number of nitrogens with zero attached hydrogens (tertiary/aromatic N) is 3. The molecule has 0 N–H and O–H groups in total. The summed E-state index contributed by atoms with van der Waals surface area (Å²) >= 11 is 1.54. The number of thiazole rings is 1. The Balaban J connectivity index is 1.69. The molecule has 0 amide bonds. The molecule has 7 nitrogen and oxygen atoms in total. The second-order valence-corrected chi connectivity index (χ2v) is 7.30. The minimum absolute atomic E-state index is 0.553. The maximum atomic E-state index is 5.67. The van der Waals surface area contributed by atoms with Gasteiger partial charge in [-0.25, -0.2) is 4.68 Å². The first-order valence-electron chi connectivity index (χ1n) is 9.57. The van der Waals surface area contributed by atoms with Crippen molar-refractivity contribution in [2.75, 3.05) is 40.6 Å². The fourth-order valence-corrected chi connectivity index (χ4v) is 3.84. The second-order valence-electron chi connectivity index (χ2n) is 6.47. The summed E-state index contributed by atoms with van der Waals surface area (Å²) in [6.45, 7) is 2.25. The smallest absolute Gasteiger partial charge is 0.206 e. The monoisotopic (exact) mass is 425 g/mol. The molecule has 3 aromatic rings. The van der Waals surface area contributed by atoms with Crippen LogP contribution < -0.4 is 19.0 Å². The largest absolute Gasteiger partial charge is 0.497 e. The third-order valence-electron chi connectivity index (χ3n) is 4.50. The van der Waals surface area contributed by atoms with Crippen molar-refractivity contribution in [1.82, 2.24) is 4.68 Å². The minimum Gasteiger partial charge on any atom is -0.497 e. The molecule has 0 radical (unpaired) electrons. The van der Waals surface area contributed by atoms with Gasteiger partial charge in [-0.05, 0) is 48.0 Å². The number of hydrogen-bond acceptors (Lipinski definition) is 7. The third-order valence-corrected chi connectivity index (χ3v) is 5.36. The first-order valence-corrected chi connectivity index (χ1v) is 10.4. The summed E-state index contributed by atoms with van der Waals surface area (Å²) in [5.74, 6) is 2.31. The Kier molecular flexibility index (Phi) is 6.46. The van der Waals surface area contributed by atoms with Gasteiger partial charge in [-0.1, -0.05) is 0 Å². The van der Waals surface area contributed by atoms with Crippen molar-refractivity contribution in [2.24, 2.45) is 10.1 Å². The lowest BCUT2D eigenvalue weighted by Gasteiger charge is -2.18. The van der Waals surface area contributed by atoms with Gasteiger partial charge in [0, 0.05) is 18.1 Å². The average molecular weight is 426 g/mol. The molecule has 0 fully saturated rings.